The minimum Gasteiger partial charge on any atom is -0.496 e. The monoisotopic (exact) mass is 392 g/mol. The molecule has 126 valence electrons. The molecular formula is C16H26BrClN2O2. The Kier molecular flexibility index (Phi) is 9.05. The van der Waals surface area contributed by atoms with Gasteiger partial charge in [-0.1, -0.05) is 19.9 Å². The van der Waals surface area contributed by atoms with Gasteiger partial charge >= 0.3 is 0 Å². The highest BCUT2D eigenvalue weighted by Gasteiger charge is 2.28. The first-order valence-corrected chi connectivity index (χ1v) is 7.95. The Hall–Kier alpha value is -0.780. The van der Waals surface area contributed by atoms with Crippen molar-refractivity contribution in [2.45, 2.75) is 39.2 Å². The van der Waals surface area contributed by atoms with Gasteiger partial charge in [0.2, 0.25) is 5.91 Å². The quantitative estimate of drug-likeness (QED) is 0.747. The third kappa shape index (κ3) is 5.78. The summed E-state index contributed by atoms with van der Waals surface area (Å²) in [6, 6.07) is 5.85. The third-order valence-electron chi connectivity index (χ3n) is 3.98. The number of hydrogen-bond donors (Lipinski definition) is 2. The SMILES string of the molecule is COc1ccc(CCC(=O)NC(C)(CN)C(C)C)cc1Br.Cl. The Morgan fingerprint density at radius 2 is 2.09 bits per heavy atom. The van der Waals surface area contributed by atoms with Gasteiger partial charge in [-0.3, -0.25) is 4.79 Å². The van der Waals surface area contributed by atoms with Crippen LogP contribution in [0.15, 0.2) is 22.7 Å². The highest BCUT2D eigenvalue weighted by Crippen LogP contribution is 2.26. The fraction of sp³-hybridized carbons (Fsp3) is 0.562. The van der Waals surface area contributed by atoms with Gasteiger partial charge in [0.1, 0.15) is 5.75 Å². The molecule has 0 fully saturated rings. The third-order valence-corrected chi connectivity index (χ3v) is 4.60. The van der Waals surface area contributed by atoms with E-state index in [-0.39, 0.29) is 23.9 Å². The maximum Gasteiger partial charge on any atom is 0.220 e. The number of ether oxygens (including phenoxy) is 1. The molecule has 0 saturated heterocycles. The molecular weight excluding hydrogens is 368 g/mol. The number of hydrogen-bond acceptors (Lipinski definition) is 3. The number of amides is 1. The molecule has 3 N–H and O–H groups in total. The van der Waals surface area contributed by atoms with Crippen molar-refractivity contribution in [2.24, 2.45) is 11.7 Å². The van der Waals surface area contributed by atoms with E-state index in [0.717, 1.165) is 15.8 Å². The molecule has 0 aromatic heterocycles. The van der Waals surface area contributed by atoms with Gasteiger partial charge in [0.15, 0.2) is 0 Å². The van der Waals surface area contributed by atoms with E-state index in [2.05, 4.69) is 35.1 Å². The second-order valence-corrected chi connectivity index (χ2v) is 6.65. The molecule has 4 nitrogen and oxygen atoms in total. The summed E-state index contributed by atoms with van der Waals surface area (Å²) < 4.78 is 6.09. The zero-order chi connectivity index (χ0) is 16.0. The van der Waals surface area contributed by atoms with Crippen molar-refractivity contribution in [1.29, 1.82) is 0 Å². The van der Waals surface area contributed by atoms with Gasteiger partial charge in [-0.2, -0.15) is 0 Å². The predicted molar refractivity (Wildman–Crippen MR) is 96.7 cm³/mol. The van der Waals surface area contributed by atoms with E-state index in [0.29, 0.717) is 25.3 Å². The second kappa shape index (κ2) is 9.38. The minimum atomic E-state index is -0.350. The van der Waals surface area contributed by atoms with Crippen molar-refractivity contribution in [2.75, 3.05) is 13.7 Å². The Labute approximate surface area is 147 Å². The number of nitrogens with one attached hydrogen (secondary N) is 1. The zero-order valence-electron chi connectivity index (χ0n) is 13.6. The lowest BCUT2D eigenvalue weighted by molar-refractivity contribution is -0.123. The van der Waals surface area contributed by atoms with Crippen molar-refractivity contribution < 1.29 is 9.53 Å². The van der Waals surface area contributed by atoms with Crippen LogP contribution in [-0.2, 0) is 11.2 Å². The van der Waals surface area contributed by atoms with Crippen LogP contribution in [0.2, 0.25) is 0 Å². The first kappa shape index (κ1) is 21.2. The molecule has 0 aliphatic rings. The van der Waals surface area contributed by atoms with Gasteiger partial charge in [-0.15, -0.1) is 12.4 Å². The van der Waals surface area contributed by atoms with Crippen molar-refractivity contribution in [3.05, 3.63) is 28.2 Å². The van der Waals surface area contributed by atoms with E-state index >= 15 is 0 Å². The van der Waals surface area contributed by atoms with E-state index in [1.165, 1.54) is 0 Å². The number of aryl methyl sites for hydroxylation is 1. The lowest BCUT2D eigenvalue weighted by atomic mass is 9.88. The van der Waals surface area contributed by atoms with Gasteiger partial charge in [0, 0.05) is 13.0 Å². The molecule has 1 rings (SSSR count). The molecule has 0 heterocycles. The first-order valence-electron chi connectivity index (χ1n) is 7.16. The van der Waals surface area contributed by atoms with E-state index < -0.39 is 0 Å². The lowest BCUT2D eigenvalue weighted by Crippen LogP contribution is -2.55. The molecule has 1 amide bonds. The molecule has 1 aromatic carbocycles. The smallest absolute Gasteiger partial charge is 0.220 e. The van der Waals surface area contributed by atoms with Gasteiger partial charge in [0.05, 0.1) is 17.1 Å². The van der Waals surface area contributed by atoms with E-state index in [9.17, 15) is 4.79 Å². The molecule has 0 radical (unpaired) electrons. The molecule has 0 bridgehead atoms. The van der Waals surface area contributed by atoms with Crippen molar-refractivity contribution >= 4 is 34.2 Å². The van der Waals surface area contributed by atoms with Crippen LogP contribution >= 0.6 is 28.3 Å². The number of carbonyl (C=O) groups excluding carboxylic acids is 1. The first-order chi connectivity index (χ1) is 9.82. The Morgan fingerprint density at radius 1 is 1.45 bits per heavy atom. The Bertz CT molecular complexity index is 497. The largest absolute Gasteiger partial charge is 0.496 e. The van der Waals surface area contributed by atoms with E-state index in [1.54, 1.807) is 7.11 Å². The van der Waals surface area contributed by atoms with E-state index in [4.69, 9.17) is 10.5 Å². The topological polar surface area (TPSA) is 64.3 Å². The van der Waals surface area contributed by atoms with Crippen LogP contribution in [0.5, 0.6) is 5.75 Å². The van der Waals surface area contributed by atoms with Crippen LogP contribution in [-0.4, -0.2) is 25.1 Å². The lowest BCUT2D eigenvalue weighted by Gasteiger charge is -2.33. The number of nitrogens with two attached hydrogens (primary N) is 1. The summed E-state index contributed by atoms with van der Waals surface area (Å²) >= 11 is 3.45. The molecule has 0 saturated carbocycles. The molecule has 0 spiro atoms. The van der Waals surface area contributed by atoms with Crippen molar-refractivity contribution in [3.63, 3.8) is 0 Å². The molecule has 6 heteroatoms. The van der Waals surface area contributed by atoms with Crippen molar-refractivity contribution in [1.82, 2.24) is 5.32 Å². The number of methoxy groups -OCH3 is 1. The summed E-state index contributed by atoms with van der Waals surface area (Å²) in [5.74, 6) is 1.11. The predicted octanol–water partition coefficient (Wildman–Crippen LogP) is 3.30. The van der Waals surface area contributed by atoms with Crippen LogP contribution in [0.1, 0.15) is 32.8 Å². The zero-order valence-corrected chi connectivity index (χ0v) is 16.0. The summed E-state index contributed by atoms with van der Waals surface area (Å²) in [5, 5.41) is 3.05. The Balaban J connectivity index is 0.00000441. The number of rotatable bonds is 7. The fourth-order valence-electron chi connectivity index (χ4n) is 1.94. The maximum absolute atomic E-state index is 12.1. The summed E-state index contributed by atoms with van der Waals surface area (Å²) in [4.78, 5) is 12.1. The van der Waals surface area contributed by atoms with Crippen LogP contribution in [0, 0.1) is 5.92 Å². The average molecular weight is 394 g/mol. The molecule has 1 unspecified atom stereocenters. The molecule has 1 aromatic rings. The number of carbonyl (C=O) groups is 1. The average Bonchev–Trinajstić information content (AvgIpc) is 2.44. The summed E-state index contributed by atoms with van der Waals surface area (Å²) in [5.41, 5.74) is 6.53. The molecule has 1 atom stereocenters. The molecule has 0 aliphatic carbocycles. The Morgan fingerprint density at radius 3 is 2.55 bits per heavy atom. The van der Waals surface area contributed by atoms with Crippen molar-refractivity contribution in [3.8, 4) is 5.75 Å². The molecule has 0 aliphatic heterocycles. The highest BCUT2D eigenvalue weighted by molar-refractivity contribution is 9.10. The van der Waals surface area contributed by atoms with Crippen LogP contribution in [0.25, 0.3) is 0 Å². The van der Waals surface area contributed by atoms with Crippen LogP contribution in [0.4, 0.5) is 0 Å². The van der Waals surface area contributed by atoms with Gasteiger partial charge in [-0.05, 0) is 52.9 Å². The van der Waals surface area contributed by atoms with Gasteiger partial charge in [0.25, 0.3) is 0 Å². The summed E-state index contributed by atoms with van der Waals surface area (Å²) in [6.45, 7) is 6.55. The van der Waals surface area contributed by atoms with Crippen LogP contribution in [0.3, 0.4) is 0 Å². The fourth-order valence-corrected chi connectivity index (χ4v) is 2.52. The molecule has 22 heavy (non-hydrogen) atoms. The normalized spacial score (nSPS) is 13.2. The summed E-state index contributed by atoms with van der Waals surface area (Å²) in [6.07, 6.45) is 1.13. The maximum atomic E-state index is 12.1. The van der Waals surface area contributed by atoms with E-state index in [1.807, 2.05) is 25.1 Å². The highest BCUT2D eigenvalue weighted by atomic mass is 79.9. The van der Waals surface area contributed by atoms with Gasteiger partial charge < -0.3 is 15.8 Å². The number of benzene rings is 1. The second-order valence-electron chi connectivity index (χ2n) is 5.79. The summed E-state index contributed by atoms with van der Waals surface area (Å²) in [7, 11) is 1.63. The standard InChI is InChI=1S/C16H25BrN2O2.ClH/c1-11(2)16(3,10-18)19-15(20)8-6-12-5-7-14(21-4)13(17)9-12;/h5,7,9,11H,6,8,10,18H2,1-4H3,(H,19,20);1H. The minimum absolute atomic E-state index is 0. The van der Waals surface area contributed by atoms with Crippen LogP contribution < -0.4 is 15.8 Å². The van der Waals surface area contributed by atoms with Gasteiger partial charge in [-0.25, -0.2) is 0 Å². The number of halogens is 2.